The van der Waals surface area contributed by atoms with E-state index >= 15 is 0 Å². The van der Waals surface area contributed by atoms with E-state index in [4.69, 9.17) is 10.8 Å². The van der Waals surface area contributed by atoms with Gasteiger partial charge in [-0.25, -0.2) is 0 Å². The number of hydrogen-bond donors (Lipinski definition) is 2. The zero-order chi connectivity index (χ0) is 12.2. The zero-order valence-electron chi connectivity index (χ0n) is 10.4. The minimum atomic E-state index is -1.11. The number of hydrogen-bond acceptors (Lipinski definition) is 3. The molecule has 4 nitrogen and oxygen atoms in total. The molecule has 0 aromatic carbocycles. The number of carboxylic acid groups (broad SMARTS) is 1. The lowest BCUT2D eigenvalue weighted by molar-refractivity contribution is -0.143. The van der Waals surface area contributed by atoms with Crippen LogP contribution >= 0.6 is 0 Å². The maximum Gasteiger partial charge on any atom is 0.324 e. The van der Waals surface area contributed by atoms with Gasteiger partial charge in [0.25, 0.3) is 0 Å². The summed E-state index contributed by atoms with van der Waals surface area (Å²) in [7, 11) is 0. The molecule has 0 aromatic rings. The highest BCUT2D eigenvalue weighted by Gasteiger charge is 2.31. The molecular weight excluding hydrogens is 204 g/mol. The second kappa shape index (κ2) is 5.64. The summed E-state index contributed by atoms with van der Waals surface area (Å²) in [5.41, 5.74) is 4.63. The predicted octanol–water partition coefficient (Wildman–Crippen LogP) is 1.30. The molecule has 4 heteroatoms. The van der Waals surface area contributed by atoms with Crippen LogP contribution in [0, 0.1) is 5.92 Å². The second-order valence-electron chi connectivity index (χ2n) is 5.23. The van der Waals surface area contributed by atoms with Crippen molar-refractivity contribution in [2.75, 3.05) is 19.6 Å². The Hall–Kier alpha value is -0.610. The molecule has 0 amide bonds. The van der Waals surface area contributed by atoms with E-state index in [-0.39, 0.29) is 0 Å². The van der Waals surface area contributed by atoms with E-state index in [1.54, 1.807) is 6.92 Å². The minimum absolute atomic E-state index is 0.460. The Balaban J connectivity index is 2.34. The lowest BCUT2D eigenvalue weighted by atomic mass is 9.91. The molecule has 0 saturated carbocycles. The lowest BCUT2D eigenvalue weighted by Crippen LogP contribution is -2.55. The number of nitrogens with two attached hydrogens (primary N) is 1. The first kappa shape index (κ1) is 13.5. The van der Waals surface area contributed by atoms with Gasteiger partial charge in [-0.15, -0.1) is 0 Å². The fraction of sp³-hybridized carbons (Fsp3) is 0.917. The van der Waals surface area contributed by atoms with Crippen molar-refractivity contribution in [3.05, 3.63) is 0 Å². The Morgan fingerprint density at radius 2 is 2.06 bits per heavy atom. The van der Waals surface area contributed by atoms with Crippen LogP contribution in [-0.2, 0) is 4.79 Å². The number of carbonyl (C=O) groups is 1. The van der Waals surface area contributed by atoms with Crippen molar-refractivity contribution in [2.24, 2.45) is 11.7 Å². The third kappa shape index (κ3) is 3.76. The van der Waals surface area contributed by atoms with Crippen LogP contribution in [0.3, 0.4) is 0 Å². The van der Waals surface area contributed by atoms with Crippen LogP contribution in [-0.4, -0.2) is 41.1 Å². The van der Waals surface area contributed by atoms with Crippen LogP contribution < -0.4 is 5.73 Å². The molecule has 16 heavy (non-hydrogen) atoms. The van der Waals surface area contributed by atoms with Crippen LogP contribution in [0.15, 0.2) is 0 Å². The van der Waals surface area contributed by atoms with Gasteiger partial charge in [0.2, 0.25) is 0 Å². The van der Waals surface area contributed by atoms with Gasteiger partial charge in [0.15, 0.2) is 0 Å². The molecule has 1 unspecified atom stereocenters. The number of carboxylic acids is 1. The van der Waals surface area contributed by atoms with E-state index in [0.29, 0.717) is 6.54 Å². The Morgan fingerprint density at radius 3 is 2.50 bits per heavy atom. The van der Waals surface area contributed by atoms with Crippen molar-refractivity contribution in [2.45, 2.75) is 45.1 Å². The third-order valence-electron chi connectivity index (χ3n) is 3.44. The van der Waals surface area contributed by atoms with Crippen molar-refractivity contribution in [1.82, 2.24) is 4.90 Å². The number of rotatable bonds is 5. The van der Waals surface area contributed by atoms with Crippen LogP contribution in [0.5, 0.6) is 0 Å². The van der Waals surface area contributed by atoms with Crippen molar-refractivity contribution < 1.29 is 9.90 Å². The van der Waals surface area contributed by atoms with E-state index < -0.39 is 11.5 Å². The Labute approximate surface area is 97.8 Å². The molecule has 1 rings (SSSR count). The molecule has 1 fully saturated rings. The largest absolute Gasteiger partial charge is 0.480 e. The topological polar surface area (TPSA) is 66.6 Å². The number of likely N-dealkylation sites (tertiary alicyclic amines) is 1. The van der Waals surface area contributed by atoms with Crippen molar-refractivity contribution in [3.8, 4) is 0 Å². The first-order chi connectivity index (χ1) is 7.45. The number of nitrogens with zero attached hydrogens (tertiary/aromatic N) is 1. The number of aliphatic carboxylic acids is 1. The normalized spacial score (nSPS) is 22.9. The van der Waals surface area contributed by atoms with Crippen LogP contribution in [0.4, 0.5) is 0 Å². The summed E-state index contributed by atoms with van der Waals surface area (Å²) >= 11 is 0. The molecule has 1 heterocycles. The SMILES string of the molecule is CCCC1CCN(CC(C)(N)C(=O)O)CC1. The smallest absolute Gasteiger partial charge is 0.324 e. The van der Waals surface area contributed by atoms with Gasteiger partial charge in [-0.1, -0.05) is 19.8 Å². The lowest BCUT2D eigenvalue weighted by Gasteiger charge is -2.35. The molecule has 1 aliphatic heterocycles. The standard InChI is InChI=1S/C12H24N2O2/c1-3-4-10-5-7-14(8-6-10)9-12(2,13)11(15)16/h10H,3-9,13H2,1-2H3,(H,15,16). The van der Waals surface area contributed by atoms with Gasteiger partial charge in [-0.2, -0.15) is 0 Å². The van der Waals surface area contributed by atoms with Gasteiger partial charge in [0, 0.05) is 6.54 Å². The molecule has 1 aliphatic rings. The van der Waals surface area contributed by atoms with E-state index in [1.165, 1.54) is 25.7 Å². The van der Waals surface area contributed by atoms with E-state index in [0.717, 1.165) is 19.0 Å². The van der Waals surface area contributed by atoms with Crippen LogP contribution in [0.25, 0.3) is 0 Å². The number of piperidine rings is 1. The maximum atomic E-state index is 10.9. The van der Waals surface area contributed by atoms with E-state index in [1.807, 2.05) is 0 Å². The van der Waals surface area contributed by atoms with Gasteiger partial charge >= 0.3 is 5.97 Å². The summed E-state index contributed by atoms with van der Waals surface area (Å²) < 4.78 is 0. The minimum Gasteiger partial charge on any atom is -0.480 e. The van der Waals surface area contributed by atoms with E-state index in [9.17, 15) is 4.79 Å². The Morgan fingerprint density at radius 1 is 1.50 bits per heavy atom. The van der Waals surface area contributed by atoms with Gasteiger partial charge in [-0.3, -0.25) is 4.79 Å². The highest BCUT2D eigenvalue weighted by atomic mass is 16.4. The van der Waals surface area contributed by atoms with Crippen molar-refractivity contribution in [3.63, 3.8) is 0 Å². The summed E-state index contributed by atoms with van der Waals surface area (Å²) in [4.78, 5) is 13.1. The predicted molar refractivity (Wildman–Crippen MR) is 64.3 cm³/mol. The maximum absolute atomic E-state index is 10.9. The first-order valence-corrected chi connectivity index (χ1v) is 6.20. The molecule has 1 saturated heterocycles. The zero-order valence-corrected chi connectivity index (χ0v) is 10.4. The van der Waals surface area contributed by atoms with Gasteiger partial charge < -0.3 is 15.7 Å². The fourth-order valence-electron chi connectivity index (χ4n) is 2.37. The highest BCUT2D eigenvalue weighted by Crippen LogP contribution is 2.22. The molecule has 0 spiro atoms. The average Bonchev–Trinajstić information content (AvgIpc) is 2.21. The molecule has 1 atom stereocenters. The Bertz CT molecular complexity index is 233. The molecule has 0 radical (unpaired) electrons. The highest BCUT2D eigenvalue weighted by molar-refractivity contribution is 5.78. The summed E-state index contributed by atoms with van der Waals surface area (Å²) in [6.07, 6.45) is 4.91. The monoisotopic (exact) mass is 228 g/mol. The van der Waals surface area contributed by atoms with Crippen molar-refractivity contribution >= 4 is 5.97 Å². The van der Waals surface area contributed by atoms with Gasteiger partial charge in [0.1, 0.15) is 5.54 Å². The molecule has 0 aromatic heterocycles. The van der Waals surface area contributed by atoms with Gasteiger partial charge in [-0.05, 0) is 38.8 Å². The van der Waals surface area contributed by atoms with Crippen molar-refractivity contribution in [1.29, 1.82) is 0 Å². The molecule has 0 bridgehead atoms. The summed E-state index contributed by atoms with van der Waals surface area (Å²) in [6.45, 7) is 6.25. The third-order valence-corrected chi connectivity index (χ3v) is 3.44. The summed E-state index contributed by atoms with van der Waals surface area (Å²) in [6, 6.07) is 0. The fourth-order valence-corrected chi connectivity index (χ4v) is 2.37. The Kier molecular flexibility index (Phi) is 4.74. The molecule has 0 aliphatic carbocycles. The first-order valence-electron chi connectivity index (χ1n) is 6.20. The second-order valence-corrected chi connectivity index (χ2v) is 5.23. The molecule has 3 N–H and O–H groups in total. The molecule has 94 valence electrons. The molecular formula is C12H24N2O2. The van der Waals surface area contributed by atoms with Gasteiger partial charge in [0.05, 0.1) is 0 Å². The summed E-state index contributed by atoms with van der Waals surface area (Å²) in [5.74, 6) is -0.0849. The summed E-state index contributed by atoms with van der Waals surface area (Å²) in [5, 5.41) is 8.96. The van der Waals surface area contributed by atoms with E-state index in [2.05, 4.69) is 11.8 Å². The van der Waals surface area contributed by atoms with Crippen LogP contribution in [0.1, 0.15) is 39.5 Å². The quantitative estimate of drug-likeness (QED) is 0.744. The average molecular weight is 228 g/mol. The van der Waals surface area contributed by atoms with Crippen LogP contribution in [0.2, 0.25) is 0 Å².